The van der Waals surface area contributed by atoms with Gasteiger partial charge in [-0.05, 0) is 70.2 Å². The molecular formula is C20H29F3N4O3. The first kappa shape index (κ1) is 23.6. The van der Waals surface area contributed by atoms with Gasteiger partial charge in [0.2, 0.25) is 0 Å². The van der Waals surface area contributed by atoms with E-state index >= 15 is 0 Å². The Labute approximate surface area is 174 Å². The lowest BCUT2D eigenvalue weighted by Crippen LogP contribution is -2.43. The number of rotatable bonds is 5. The van der Waals surface area contributed by atoms with Crippen LogP contribution in [0.4, 0.5) is 23.7 Å². The topological polar surface area (TPSA) is 89.2 Å². The molecule has 1 aliphatic rings. The molecule has 1 unspecified atom stereocenters. The number of likely N-dealkylation sites (tertiary alicyclic amines) is 1. The molecule has 7 nitrogen and oxygen atoms in total. The summed E-state index contributed by atoms with van der Waals surface area (Å²) in [6, 6.07) is 5.22. The van der Waals surface area contributed by atoms with E-state index in [4.69, 9.17) is 10.5 Å². The number of hydrogen-bond acceptors (Lipinski definition) is 4. The molecule has 0 saturated carbocycles. The number of alkyl halides is 3. The number of piperidine rings is 1. The maximum atomic E-state index is 12.2. The molecule has 0 radical (unpaired) electrons. The van der Waals surface area contributed by atoms with Crippen molar-refractivity contribution in [1.29, 1.82) is 0 Å². The minimum absolute atomic E-state index is 0.166. The predicted octanol–water partition coefficient (Wildman–Crippen LogP) is 4.35. The molecule has 10 heteroatoms. The summed E-state index contributed by atoms with van der Waals surface area (Å²) in [6.07, 6.45) is -2.35. The van der Waals surface area contributed by atoms with Crippen molar-refractivity contribution in [2.24, 2.45) is 16.6 Å². The Hall–Kier alpha value is -2.65. The fourth-order valence-corrected chi connectivity index (χ4v) is 3.09. The van der Waals surface area contributed by atoms with Gasteiger partial charge >= 0.3 is 12.5 Å². The van der Waals surface area contributed by atoms with Crippen LogP contribution in [0.3, 0.4) is 0 Å². The summed E-state index contributed by atoms with van der Waals surface area (Å²) in [6.45, 7) is 7.31. The Kier molecular flexibility index (Phi) is 7.80. The van der Waals surface area contributed by atoms with Gasteiger partial charge in [0, 0.05) is 25.3 Å². The molecule has 0 aromatic heterocycles. The molecule has 0 spiro atoms. The molecule has 1 heterocycles. The van der Waals surface area contributed by atoms with Crippen LogP contribution in [0.1, 0.15) is 40.0 Å². The molecular weight excluding hydrogens is 401 g/mol. The Morgan fingerprint density at radius 3 is 2.53 bits per heavy atom. The molecule has 168 valence electrons. The van der Waals surface area contributed by atoms with Crippen LogP contribution >= 0.6 is 0 Å². The van der Waals surface area contributed by atoms with Crippen LogP contribution in [0.15, 0.2) is 29.3 Å². The first-order valence-corrected chi connectivity index (χ1v) is 9.82. The molecule has 3 N–H and O–H groups in total. The van der Waals surface area contributed by atoms with Gasteiger partial charge in [-0.15, -0.1) is 13.2 Å². The molecule has 1 aromatic rings. The van der Waals surface area contributed by atoms with Crippen molar-refractivity contribution in [3.63, 3.8) is 0 Å². The van der Waals surface area contributed by atoms with Gasteiger partial charge in [0.25, 0.3) is 0 Å². The fourth-order valence-electron chi connectivity index (χ4n) is 3.09. The highest BCUT2D eigenvalue weighted by molar-refractivity contribution is 5.92. The van der Waals surface area contributed by atoms with Crippen LogP contribution in [0.25, 0.3) is 0 Å². The normalized spacial score (nSPS) is 18.1. The van der Waals surface area contributed by atoms with Gasteiger partial charge in [-0.2, -0.15) is 0 Å². The number of halogens is 3. The molecule has 1 aliphatic heterocycles. The fraction of sp³-hybridized carbons (Fsp3) is 0.600. The molecule has 1 amide bonds. The van der Waals surface area contributed by atoms with E-state index in [0.717, 1.165) is 19.3 Å². The number of nitrogens with one attached hydrogen (secondary N) is 1. The van der Waals surface area contributed by atoms with Crippen LogP contribution < -0.4 is 15.8 Å². The first-order chi connectivity index (χ1) is 13.9. The summed E-state index contributed by atoms with van der Waals surface area (Å²) in [5, 5.41) is 2.83. The summed E-state index contributed by atoms with van der Waals surface area (Å²) in [7, 11) is 0. The van der Waals surface area contributed by atoms with Crippen molar-refractivity contribution < 1.29 is 27.4 Å². The third kappa shape index (κ3) is 8.79. The van der Waals surface area contributed by atoms with E-state index < -0.39 is 12.0 Å². The van der Waals surface area contributed by atoms with Gasteiger partial charge in [-0.1, -0.05) is 0 Å². The van der Waals surface area contributed by atoms with E-state index in [1.165, 1.54) is 24.3 Å². The molecule has 0 bridgehead atoms. The average molecular weight is 430 g/mol. The van der Waals surface area contributed by atoms with Gasteiger partial charge in [0.15, 0.2) is 5.96 Å². The summed E-state index contributed by atoms with van der Waals surface area (Å²) in [4.78, 5) is 18.2. The lowest BCUT2D eigenvalue weighted by atomic mass is 9.95. The number of anilines is 1. The number of carbonyl (C=O) groups excluding carboxylic acids is 1. The largest absolute Gasteiger partial charge is 0.573 e. The second-order valence-electron chi connectivity index (χ2n) is 8.19. The van der Waals surface area contributed by atoms with Crippen molar-refractivity contribution in [2.45, 2.75) is 52.0 Å². The van der Waals surface area contributed by atoms with E-state index in [0.29, 0.717) is 31.2 Å². The number of nitrogens with two attached hydrogens (primary N) is 1. The quantitative estimate of drug-likeness (QED) is 0.536. The standard InChI is InChI=1S/C20H29F3N4O3/c1-19(2,3)30-18(28)27-12-4-5-14(13-27)10-11-25-17(24)26-15-6-8-16(9-7-15)29-20(21,22)23/h6-9,14H,4-5,10-13H2,1-3H3,(H3,24,25,26). The van der Waals surface area contributed by atoms with Crippen LogP contribution in [0.2, 0.25) is 0 Å². The SMILES string of the molecule is CC(C)(C)OC(=O)N1CCCC(CCN=C(N)Nc2ccc(OC(F)(F)F)cc2)C1. The lowest BCUT2D eigenvalue weighted by Gasteiger charge is -2.34. The summed E-state index contributed by atoms with van der Waals surface area (Å²) in [5.41, 5.74) is 5.83. The predicted molar refractivity (Wildman–Crippen MR) is 108 cm³/mol. The molecule has 1 aromatic carbocycles. The van der Waals surface area contributed by atoms with Crippen molar-refractivity contribution in [1.82, 2.24) is 4.90 Å². The first-order valence-electron chi connectivity index (χ1n) is 9.82. The highest BCUT2D eigenvalue weighted by atomic mass is 19.4. The Morgan fingerprint density at radius 2 is 1.93 bits per heavy atom. The lowest BCUT2D eigenvalue weighted by molar-refractivity contribution is -0.274. The van der Waals surface area contributed by atoms with E-state index in [2.05, 4.69) is 15.0 Å². The Morgan fingerprint density at radius 1 is 1.27 bits per heavy atom. The summed E-state index contributed by atoms with van der Waals surface area (Å²) >= 11 is 0. The van der Waals surface area contributed by atoms with E-state index in [9.17, 15) is 18.0 Å². The van der Waals surface area contributed by atoms with E-state index in [-0.39, 0.29) is 17.8 Å². The number of benzene rings is 1. The highest BCUT2D eigenvalue weighted by Gasteiger charge is 2.31. The Bertz CT molecular complexity index is 730. The minimum atomic E-state index is -4.73. The smallest absolute Gasteiger partial charge is 0.444 e. The number of guanidine groups is 1. The number of ether oxygens (including phenoxy) is 2. The summed E-state index contributed by atoms with van der Waals surface area (Å²) < 4.78 is 45.8. The number of hydrogen-bond donors (Lipinski definition) is 2. The van der Waals surface area contributed by atoms with Crippen molar-refractivity contribution in [3.8, 4) is 5.75 Å². The number of aliphatic imine (C=N–C) groups is 1. The monoisotopic (exact) mass is 430 g/mol. The van der Waals surface area contributed by atoms with Crippen molar-refractivity contribution in [2.75, 3.05) is 25.0 Å². The molecule has 30 heavy (non-hydrogen) atoms. The molecule has 1 fully saturated rings. The maximum absolute atomic E-state index is 12.2. The summed E-state index contributed by atoms with van der Waals surface area (Å²) in [5.74, 6) is 0.163. The van der Waals surface area contributed by atoms with Gasteiger partial charge < -0.3 is 25.4 Å². The van der Waals surface area contributed by atoms with Gasteiger partial charge in [0.05, 0.1) is 0 Å². The Balaban J connectivity index is 1.78. The van der Waals surface area contributed by atoms with Crippen LogP contribution in [0, 0.1) is 5.92 Å². The highest BCUT2D eigenvalue weighted by Crippen LogP contribution is 2.24. The zero-order chi connectivity index (χ0) is 22.4. The van der Waals surface area contributed by atoms with Crippen LogP contribution in [-0.2, 0) is 4.74 Å². The number of amides is 1. The zero-order valence-corrected chi connectivity index (χ0v) is 17.5. The third-order valence-corrected chi connectivity index (χ3v) is 4.35. The van der Waals surface area contributed by atoms with Gasteiger partial charge in [0.1, 0.15) is 11.4 Å². The average Bonchev–Trinajstić information content (AvgIpc) is 2.61. The minimum Gasteiger partial charge on any atom is -0.444 e. The van der Waals surface area contributed by atoms with Gasteiger partial charge in [-0.25, -0.2) is 4.79 Å². The van der Waals surface area contributed by atoms with Crippen LogP contribution in [0.5, 0.6) is 5.75 Å². The zero-order valence-electron chi connectivity index (χ0n) is 17.5. The van der Waals surface area contributed by atoms with Gasteiger partial charge in [-0.3, -0.25) is 4.99 Å². The second-order valence-corrected chi connectivity index (χ2v) is 8.19. The van der Waals surface area contributed by atoms with Crippen molar-refractivity contribution >= 4 is 17.7 Å². The maximum Gasteiger partial charge on any atom is 0.573 e. The van der Waals surface area contributed by atoms with E-state index in [1.54, 1.807) is 4.90 Å². The number of carbonyl (C=O) groups is 1. The molecule has 2 rings (SSSR count). The molecule has 1 saturated heterocycles. The second kappa shape index (κ2) is 9.90. The number of nitrogens with zero attached hydrogens (tertiary/aromatic N) is 2. The molecule has 1 atom stereocenters. The van der Waals surface area contributed by atoms with Crippen LogP contribution in [-0.4, -0.2) is 48.6 Å². The van der Waals surface area contributed by atoms with Crippen molar-refractivity contribution in [3.05, 3.63) is 24.3 Å². The molecule has 0 aliphatic carbocycles. The third-order valence-electron chi connectivity index (χ3n) is 4.35. The van der Waals surface area contributed by atoms with E-state index in [1.807, 2.05) is 20.8 Å².